The predicted octanol–water partition coefficient (Wildman–Crippen LogP) is 3.81. The second-order valence-electron chi connectivity index (χ2n) is 4.60. The van der Waals surface area contributed by atoms with Gasteiger partial charge in [0.2, 0.25) is 0 Å². The SMILES string of the molecule is CNC(=O)c1c(-c2ccc(F)cc2)nn2c(Cl)cc(Cl)cc12. The molecule has 112 valence electrons. The second-order valence-corrected chi connectivity index (χ2v) is 5.43. The second kappa shape index (κ2) is 5.59. The summed E-state index contributed by atoms with van der Waals surface area (Å²) >= 11 is 12.1. The zero-order chi connectivity index (χ0) is 15.9. The van der Waals surface area contributed by atoms with E-state index >= 15 is 0 Å². The zero-order valence-corrected chi connectivity index (χ0v) is 12.9. The summed E-state index contributed by atoms with van der Waals surface area (Å²) in [6.07, 6.45) is 0. The molecule has 0 radical (unpaired) electrons. The fourth-order valence-corrected chi connectivity index (χ4v) is 2.74. The summed E-state index contributed by atoms with van der Waals surface area (Å²) in [5.74, 6) is -0.692. The Balaban J connectivity index is 2.36. The first kappa shape index (κ1) is 14.8. The molecule has 0 atom stereocenters. The number of carbonyl (C=O) groups is 1. The monoisotopic (exact) mass is 337 g/mol. The summed E-state index contributed by atoms with van der Waals surface area (Å²) in [5.41, 5.74) is 1.83. The van der Waals surface area contributed by atoms with Crippen molar-refractivity contribution in [1.82, 2.24) is 14.9 Å². The maximum atomic E-state index is 13.1. The van der Waals surface area contributed by atoms with E-state index in [4.69, 9.17) is 23.2 Å². The van der Waals surface area contributed by atoms with Gasteiger partial charge in [0.25, 0.3) is 5.91 Å². The Morgan fingerprint density at radius 1 is 1.23 bits per heavy atom. The minimum absolute atomic E-state index is 0.279. The van der Waals surface area contributed by atoms with Crippen LogP contribution in [0.3, 0.4) is 0 Å². The van der Waals surface area contributed by atoms with E-state index in [0.29, 0.717) is 27.4 Å². The van der Waals surface area contributed by atoms with E-state index in [1.165, 1.54) is 29.8 Å². The topological polar surface area (TPSA) is 46.4 Å². The summed E-state index contributed by atoms with van der Waals surface area (Å²) in [6, 6.07) is 8.87. The van der Waals surface area contributed by atoms with Crippen LogP contribution in [0.4, 0.5) is 4.39 Å². The summed E-state index contributed by atoms with van der Waals surface area (Å²) in [4.78, 5) is 12.2. The van der Waals surface area contributed by atoms with Gasteiger partial charge in [0.1, 0.15) is 16.7 Å². The molecule has 0 unspecified atom stereocenters. The third kappa shape index (κ3) is 2.42. The largest absolute Gasteiger partial charge is 0.355 e. The van der Waals surface area contributed by atoms with Gasteiger partial charge >= 0.3 is 0 Å². The Labute approximate surface area is 135 Å². The lowest BCUT2D eigenvalue weighted by molar-refractivity contribution is 0.0965. The summed E-state index contributed by atoms with van der Waals surface area (Å²) in [6.45, 7) is 0. The predicted molar refractivity (Wildman–Crippen MR) is 84.0 cm³/mol. The molecular formula is C15H10Cl2FN3O. The van der Waals surface area contributed by atoms with Gasteiger partial charge in [-0.25, -0.2) is 8.91 Å². The Bertz CT molecular complexity index is 875. The summed E-state index contributed by atoms with van der Waals surface area (Å²) in [7, 11) is 1.52. The number of fused-ring (bicyclic) bond motifs is 1. The molecule has 3 aromatic rings. The van der Waals surface area contributed by atoms with Crippen LogP contribution < -0.4 is 5.32 Å². The maximum Gasteiger partial charge on any atom is 0.255 e. The van der Waals surface area contributed by atoms with E-state index in [2.05, 4.69) is 10.4 Å². The van der Waals surface area contributed by atoms with Crippen molar-refractivity contribution in [3.05, 3.63) is 58.0 Å². The number of carbonyl (C=O) groups excluding carboxylic acids is 1. The molecule has 2 aromatic heterocycles. The third-order valence-electron chi connectivity index (χ3n) is 3.23. The molecule has 22 heavy (non-hydrogen) atoms. The Morgan fingerprint density at radius 3 is 2.55 bits per heavy atom. The van der Waals surface area contributed by atoms with Gasteiger partial charge in [0.15, 0.2) is 0 Å². The van der Waals surface area contributed by atoms with Gasteiger partial charge in [-0.1, -0.05) is 23.2 Å². The molecular weight excluding hydrogens is 328 g/mol. The molecule has 0 aliphatic heterocycles. The standard InChI is InChI=1S/C15H10Cl2FN3O/c1-19-15(22)13-11-6-9(16)7-12(17)21(11)20-14(13)8-2-4-10(18)5-3-8/h2-7H,1H3,(H,19,22). The van der Waals surface area contributed by atoms with Crippen LogP contribution in [0.2, 0.25) is 10.2 Å². The molecule has 3 rings (SSSR count). The van der Waals surface area contributed by atoms with Crippen LogP contribution in [0.5, 0.6) is 0 Å². The third-order valence-corrected chi connectivity index (χ3v) is 3.71. The van der Waals surface area contributed by atoms with Crippen molar-refractivity contribution in [3.63, 3.8) is 0 Å². The highest BCUT2D eigenvalue weighted by Gasteiger charge is 2.21. The molecule has 0 saturated carbocycles. The lowest BCUT2D eigenvalue weighted by Crippen LogP contribution is -2.18. The smallest absolute Gasteiger partial charge is 0.255 e. The Morgan fingerprint density at radius 2 is 1.91 bits per heavy atom. The van der Waals surface area contributed by atoms with Crippen molar-refractivity contribution < 1.29 is 9.18 Å². The first-order chi connectivity index (χ1) is 10.5. The normalized spacial score (nSPS) is 10.9. The van der Waals surface area contributed by atoms with E-state index in [0.717, 1.165) is 0 Å². The Kier molecular flexibility index (Phi) is 3.76. The molecule has 1 aromatic carbocycles. The van der Waals surface area contributed by atoms with Crippen LogP contribution >= 0.6 is 23.2 Å². The number of halogens is 3. The van der Waals surface area contributed by atoms with Gasteiger partial charge in [-0.05, 0) is 36.4 Å². The minimum Gasteiger partial charge on any atom is -0.355 e. The lowest BCUT2D eigenvalue weighted by atomic mass is 10.1. The first-order valence-electron chi connectivity index (χ1n) is 6.37. The van der Waals surface area contributed by atoms with Crippen LogP contribution in [0.1, 0.15) is 10.4 Å². The average Bonchev–Trinajstić information content (AvgIpc) is 2.87. The molecule has 0 aliphatic carbocycles. The quantitative estimate of drug-likeness (QED) is 0.723. The Hall–Kier alpha value is -2.11. The highest BCUT2D eigenvalue weighted by molar-refractivity contribution is 6.34. The molecule has 0 saturated heterocycles. The van der Waals surface area contributed by atoms with Crippen LogP contribution in [0, 0.1) is 5.82 Å². The fourth-order valence-electron chi connectivity index (χ4n) is 2.23. The first-order valence-corrected chi connectivity index (χ1v) is 7.12. The van der Waals surface area contributed by atoms with E-state index in [-0.39, 0.29) is 16.9 Å². The molecule has 0 spiro atoms. The lowest BCUT2D eigenvalue weighted by Gasteiger charge is -2.02. The van der Waals surface area contributed by atoms with Crippen molar-refractivity contribution in [2.75, 3.05) is 7.05 Å². The van der Waals surface area contributed by atoms with E-state index in [9.17, 15) is 9.18 Å². The number of aromatic nitrogens is 2. The van der Waals surface area contributed by atoms with Crippen molar-refractivity contribution >= 4 is 34.6 Å². The van der Waals surface area contributed by atoms with E-state index < -0.39 is 0 Å². The highest BCUT2D eigenvalue weighted by Crippen LogP contribution is 2.30. The number of nitrogens with one attached hydrogen (secondary N) is 1. The number of amides is 1. The van der Waals surface area contributed by atoms with Crippen molar-refractivity contribution in [3.8, 4) is 11.3 Å². The fraction of sp³-hybridized carbons (Fsp3) is 0.0667. The molecule has 0 aliphatic rings. The minimum atomic E-state index is -0.366. The van der Waals surface area contributed by atoms with Gasteiger partial charge in [-0.2, -0.15) is 5.10 Å². The van der Waals surface area contributed by atoms with Gasteiger partial charge in [-0.3, -0.25) is 4.79 Å². The molecule has 1 amide bonds. The van der Waals surface area contributed by atoms with Gasteiger partial charge < -0.3 is 5.32 Å². The molecule has 7 heteroatoms. The molecule has 0 bridgehead atoms. The van der Waals surface area contributed by atoms with E-state index in [1.807, 2.05) is 0 Å². The number of pyridine rings is 1. The summed E-state index contributed by atoms with van der Waals surface area (Å²) in [5, 5.41) is 7.61. The van der Waals surface area contributed by atoms with Crippen LogP contribution in [0.25, 0.3) is 16.8 Å². The van der Waals surface area contributed by atoms with Gasteiger partial charge in [0.05, 0.1) is 11.1 Å². The number of nitrogens with zero attached hydrogens (tertiary/aromatic N) is 2. The van der Waals surface area contributed by atoms with Gasteiger partial charge in [-0.15, -0.1) is 0 Å². The van der Waals surface area contributed by atoms with Crippen LogP contribution in [-0.4, -0.2) is 22.6 Å². The number of hydrogen-bond donors (Lipinski definition) is 1. The summed E-state index contributed by atoms with van der Waals surface area (Å²) < 4.78 is 14.5. The van der Waals surface area contributed by atoms with Crippen molar-refractivity contribution in [1.29, 1.82) is 0 Å². The van der Waals surface area contributed by atoms with Crippen LogP contribution in [-0.2, 0) is 0 Å². The number of rotatable bonds is 2. The van der Waals surface area contributed by atoms with Crippen molar-refractivity contribution in [2.45, 2.75) is 0 Å². The van der Waals surface area contributed by atoms with E-state index in [1.54, 1.807) is 18.2 Å². The number of benzene rings is 1. The van der Waals surface area contributed by atoms with Crippen LogP contribution in [0.15, 0.2) is 36.4 Å². The molecule has 0 fully saturated rings. The highest BCUT2D eigenvalue weighted by atomic mass is 35.5. The number of hydrogen-bond acceptors (Lipinski definition) is 2. The molecule has 1 N–H and O–H groups in total. The maximum absolute atomic E-state index is 13.1. The molecule has 4 nitrogen and oxygen atoms in total. The zero-order valence-electron chi connectivity index (χ0n) is 11.4. The average molecular weight is 338 g/mol. The molecule has 2 heterocycles. The van der Waals surface area contributed by atoms with Gasteiger partial charge in [0, 0.05) is 17.6 Å². The van der Waals surface area contributed by atoms with Crippen molar-refractivity contribution in [2.24, 2.45) is 0 Å².